The summed E-state index contributed by atoms with van der Waals surface area (Å²) in [6.45, 7) is 5.18. The summed E-state index contributed by atoms with van der Waals surface area (Å²) in [6, 6.07) is 0. The molecule has 0 bridgehead atoms. The Morgan fingerprint density at radius 3 is 1.90 bits per heavy atom. The molecular formula is C6H12O3Sr. The molecule has 0 radical (unpaired) electrons. The Morgan fingerprint density at radius 2 is 1.80 bits per heavy atom. The summed E-state index contributed by atoms with van der Waals surface area (Å²) in [6.07, 6.45) is 0. The van der Waals surface area contributed by atoms with E-state index in [2.05, 4.69) is 4.74 Å². The number of hydrogen-bond donors (Lipinski definition) is 0. The van der Waals surface area contributed by atoms with Crippen molar-refractivity contribution in [3.8, 4) is 0 Å². The van der Waals surface area contributed by atoms with E-state index < -0.39 is 11.4 Å². The van der Waals surface area contributed by atoms with Gasteiger partial charge in [0.05, 0.1) is 5.41 Å². The fraction of sp³-hybridized carbons (Fsp3) is 0.667. The zero-order chi connectivity index (χ0) is 7.49. The zero-order valence-electron chi connectivity index (χ0n) is 5.80. The van der Waals surface area contributed by atoms with Gasteiger partial charge in [0, 0.05) is 0 Å². The van der Waals surface area contributed by atoms with Gasteiger partial charge in [-0.15, -0.1) is 0 Å². The molecule has 0 aliphatic rings. The molecule has 0 spiro atoms. The van der Waals surface area contributed by atoms with Crippen LogP contribution in [0.3, 0.4) is 0 Å². The Labute approximate surface area is 97.4 Å². The average molecular weight is 220 g/mol. The molecule has 0 heterocycles. The van der Waals surface area contributed by atoms with E-state index in [-0.39, 0.29) is 52.0 Å². The van der Waals surface area contributed by atoms with E-state index >= 15 is 0 Å². The van der Waals surface area contributed by atoms with Crippen molar-refractivity contribution in [2.45, 2.75) is 20.8 Å². The molecule has 0 rings (SSSR count). The van der Waals surface area contributed by atoms with Gasteiger partial charge in [-0.25, -0.2) is 0 Å². The van der Waals surface area contributed by atoms with Gasteiger partial charge in [0.1, 0.15) is 0 Å². The number of carbonyl (C=O) groups excluding carboxylic acids is 2. The second-order valence-corrected chi connectivity index (χ2v) is 2.75. The van der Waals surface area contributed by atoms with Crippen LogP contribution < -0.4 is 0 Å². The van der Waals surface area contributed by atoms with Gasteiger partial charge in [0.15, 0.2) is 0 Å². The molecule has 0 aliphatic heterocycles. The van der Waals surface area contributed by atoms with Gasteiger partial charge in [-0.05, 0) is 20.8 Å². The summed E-state index contributed by atoms with van der Waals surface area (Å²) in [5, 5.41) is 0. The fourth-order valence-electron chi connectivity index (χ4n) is 0.220. The summed E-state index contributed by atoms with van der Waals surface area (Å²) in [5.74, 6) is -0.502. The van der Waals surface area contributed by atoms with Crippen molar-refractivity contribution in [1.29, 1.82) is 0 Å². The number of hydrogen-bond acceptors (Lipinski definition) is 3. The third-order valence-electron chi connectivity index (χ3n) is 0.768. The van der Waals surface area contributed by atoms with Crippen LogP contribution in [0.25, 0.3) is 0 Å². The Balaban J connectivity index is 0. The van der Waals surface area contributed by atoms with E-state index in [0.29, 0.717) is 0 Å². The molecule has 0 unspecified atom stereocenters. The van der Waals surface area contributed by atoms with Gasteiger partial charge in [0.25, 0.3) is 0 Å². The summed E-state index contributed by atoms with van der Waals surface area (Å²) < 4.78 is 4.09. The molecule has 56 valence electrons. The molecular weight excluding hydrogens is 208 g/mol. The summed E-state index contributed by atoms with van der Waals surface area (Å²) >= 11 is 0. The molecule has 0 fully saturated rings. The predicted molar refractivity (Wildman–Crippen MR) is 40.2 cm³/mol. The van der Waals surface area contributed by atoms with Crippen LogP contribution in [-0.4, -0.2) is 57.9 Å². The molecule has 3 nitrogen and oxygen atoms in total. The third-order valence-corrected chi connectivity index (χ3v) is 0.768. The maximum atomic E-state index is 10.6. The molecule has 0 amide bonds. The van der Waals surface area contributed by atoms with E-state index in [9.17, 15) is 9.59 Å². The standard InChI is InChI=1S/C6H10O3.Sr.2H/c1-6(2,3)5(8)9-4-7;;;/h4H,1-3H3;;;. The average Bonchev–Trinajstić information content (AvgIpc) is 1.64. The molecule has 0 aromatic carbocycles. The quantitative estimate of drug-likeness (QED) is 0.266. The van der Waals surface area contributed by atoms with Crippen LogP contribution in [0, 0.1) is 5.41 Å². The second-order valence-electron chi connectivity index (χ2n) is 2.75. The van der Waals surface area contributed by atoms with Crippen molar-refractivity contribution in [2.24, 2.45) is 5.41 Å². The van der Waals surface area contributed by atoms with Gasteiger partial charge in [-0.3, -0.25) is 9.59 Å². The van der Waals surface area contributed by atoms with Crippen molar-refractivity contribution in [3.05, 3.63) is 0 Å². The Bertz CT molecular complexity index is 125. The first kappa shape index (κ1) is 13.2. The molecule has 0 saturated heterocycles. The molecule has 4 heteroatoms. The van der Waals surface area contributed by atoms with E-state index in [1.807, 2.05) is 0 Å². The van der Waals surface area contributed by atoms with Crippen molar-refractivity contribution in [2.75, 3.05) is 0 Å². The van der Waals surface area contributed by atoms with E-state index in [1.165, 1.54) is 0 Å². The molecule has 0 atom stereocenters. The minimum absolute atomic E-state index is 0. The van der Waals surface area contributed by atoms with E-state index in [0.717, 1.165) is 0 Å². The number of ether oxygens (including phenoxy) is 1. The molecule has 0 aromatic rings. The van der Waals surface area contributed by atoms with Crippen molar-refractivity contribution < 1.29 is 14.3 Å². The molecule has 0 saturated carbocycles. The van der Waals surface area contributed by atoms with Gasteiger partial charge < -0.3 is 4.74 Å². The third kappa shape index (κ3) is 5.41. The second kappa shape index (κ2) is 5.29. The molecule has 0 aliphatic carbocycles. The van der Waals surface area contributed by atoms with Crippen molar-refractivity contribution in [3.63, 3.8) is 0 Å². The van der Waals surface area contributed by atoms with Gasteiger partial charge in [-0.1, -0.05) is 0 Å². The van der Waals surface area contributed by atoms with Crippen molar-refractivity contribution >= 4 is 57.9 Å². The molecule has 0 aromatic heterocycles. The van der Waals surface area contributed by atoms with Crippen LogP contribution in [-0.2, 0) is 14.3 Å². The van der Waals surface area contributed by atoms with Gasteiger partial charge >= 0.3 is 57.9 Å². The van der Waals surface area contributed by atoms with Crippen LogP contribution in [0.5, 0.6) is 0 Å². The Hall–Kier alpha value is 0.621. The maximum absolute atomic E-state index is 10.6. The number of rotatable bonds is 1. The molecule has 10 heavy (non-hydrogen) atoms. The van der Waals surface area contributed by atoms with Gasteiger partial charge in [0.2, 0.25) is 0 Å². The predicted octanol–water partition coefficient (Wildman–Crippen LogP) is -0.184. The van der Waals surface area contributed by atoms with E-state index in [4.69, 9.17) is 0 Å². The zero-order valence-corrected chi connectivity index (χ0v) is 5.80. The molecule has 0 N–H and O–H groups in total. The first-order valence-corrected chi connectivity index (χ1v) is 2.63. The monoisotopic (exact) mass is 220 g/mol. The van der Waals surface area contributed by atoms with Crippen LogP contribution >= 0.6 is 0 Å². The Kier molecular flexibility index (Phi) is 7.00. The number of carbonyl (C=O) groups is 2. The summed E-state index contributed by atoms with van der Waals surface area (Å²) in [7, 11) is 0. The number of esters is 1. The van der Waals surface area contributed by atoms with Crippen LogP contribution in [0.4, 0.5) is 0 Å². The SMILES string of the molecule is CC(C)(C)C(=O)OC=O.[SrH2]. The summed E-state index contributed by atoms with van der Waals surface area (Å²) in [5.41, 5.74) is -0.582. The Morgan fingerprint density at radius 1 is 1.40 bits per heavy atom. The fourth-order valence-corrected chi connectivity index (χ4v) is 0.220. The first-order valence-electron chi connectivity index (χ1n) is 2.63. The van der Waals surface area contributed by atoms with Gasteiger partial charge in [-0.2, -0.15) is 0 Å². The van der Waals surface area contributed by atoms with Crippen LogP contribution in [0.15, 0.2) is 0 Å². The van der Waals surface area contributed by atoms with Crippen molar-refractivity contribution in [1.82, 2.24) is 0 Å². The first-order chi connectivity index (χ1) is 3.98. The summed E-state index contributed by atoms with van der Waals surface area (Å²) in [4.78, 5) is 20.2. The van der Waals surface area contributed by atoms with E-state index in [1.54, 1.807) is 20.8 Å². The topological polar surface area (TPSA) is 43.4 Å². The minimum atomic E-state index is -0.582. The van der Waals surface area contributed by atoms with Crippen LogP contribution in [0.1, 0.15) is 20.8 Å². The van der Waals surface area contributed by atoms with Crippen LogP contribution in [0.2, 0.25) is 0 Å². The normalized spacial score (nSPS) is 9.50.